The average Bonchev–Trinajstić information content (AvgIpc) is 2.70. The lowest BCUT2D eigenvalue weighted by Crippen LogP contribution is -2.33. The van der Waals surface area contributed by atoms with Crippen LogP contribution in [0.5, 0.6) is 0 Å². The van der Waals surface area contributed by atoms with Crippen LogP contribution in [0.1, 0.15) is 35.1 Å². The molecule has 1 atom stereocenters. The van der Waals surface area contributed by atoms with Crippen LogP contribution in [-0.4, -0.2) is 33.8 Å². The quantitative estimate of drug-likeness (QED) is 0.869. The molecule has 2 aromatic heterocycles. The first-order valence-corrected chi connectivity index (χ1v) is 6.18. The summed E-state index contributed by atoms with van der Waals surface area (Å²) in [6.45, 7) is 5.46. The van der Waals surface area contributed by atoms with Crippen molar-refractivity contribution in [2.24, 2.45) is 0 Å². The summed E-state index contributed by atoms with van der Waals surface area (Å²) in [7, 11) is 0. The molecule has 2 aromatic rings. The number of nitrogens with zero attached hydrogens (tertiary/aromatic N) is 2. The summed E-state index contributed by atoms with van der Waals surface area (Å²) in [6, 6.07) is 1.62. The molecule has 2 rings (SSSR count). The SMILES string of the molecule is Cc1cc(C(=O)NC(C)CCO)c2c(C)noc2n1. The average molecular weight is 263 g/mol. The van der Waals surface area contributed by atoms with Crippen molar-refractivity contribution in [3.8, 4) is 0 Å². The van der Waals surface area contributed by atoms with Gasteiger partial charge in [0.25, 0.3) is 11.6 Å². The lowest BCUT2D eigenvalue weighted by Gasteiger charge is -2.13. The van der Waals surface area contributed by atoms with E-state index in [-0.39, 0.29) is 18.6 Å². The van der Waals surface area contributed by atoms with Crippen LogP contribution in [0.2, 0.25) is 0 Å². The van der Waals surface area contributed by atoms with Crippen molar-refractivity contribution in [2.75, 3.05) is 6.61 Å². The second-order valence-electron chi connectivity index (χ2n) is 4.65. The summed E-state index contributed by atoms with van der Waals surface area (Å²) in [5.41, 5.74) is 2.22. The number of aliphatic hydroxyl groups is 1. The van der Waals surface area contributed by atoms with Gasteiger partial charge in [0.1, 0.15) is 0 Å². The zero-order valence-corrected chi connectivity index (χ0v) is 11.2. The highest BCUT2D eigenvalue weighted by Gasteiger charge is 2.18. The Kier molecular flexibility index (Phi) is 3.80. The number of amides is 1. The normalized spacial score (nSPS) is 12.6. The van der Waals surface area contributed by atoms with E-state index < -0.39 is 0 Å². The van der Waals surface area contributed by atoms with Gasteiger partial charge in [0, 0.05) is 18.3 Å². The third kappa shape index (κ3) is 2.73. The standard InChI is InChI=1S/C13H17N3O3/c1-7(4-5-17)14-12(18)10-6-8(2)15-13-11(10)9(3)16-19-13/h6-7,17H,4-5H2,1-3H3,(H,14,18). The van der Waals surface area contributed by atoms with Crippen LogP contribution >= 0.6 is 0 Å². The number of aliphatic hydroxyl groups excluding tert-OH is 1. The molecule has 0 aromatic carbocycles. The number of pyridine rings is 1. The molecule has 0 saturated carbocycles. The van der Waals surface area contributed by atoms with Crippen LogP contribution in [0, 0.1) is 13.8 Å². The maximum Gasteiger partial charge on any atom is 0.258 e. The number of carbonyl (C=O) groups is 1. The van der Waals surface area contributed by atoms with E-state index in [1.165, 1.54) is 0 Å². The van der Waals surface area contributed by atoms with Crippen molar-refractivity contribution in [2.45, 2.75) is 33.2 Å². The Balaban J connectivity index is 2.38. The number of aromatic nitrogens is 2. The largest absolute Gasteiger partial charge is 0.396 e. The molecule has 0 aliphatic carbocycles. The summed E-state index contributed by atoms with van der Waals surface area (Å²) in [5.74, 6) is -0.206. The fourth-order valence-electron chi connectivity index (χ4n) is 1.96. The number of hydrogen-bond acceptors (Lipinski definition) is 5. The number of aryl methyl sites for hydroxylation is 2. The lowest BCUT2D eigenvalue weighted by molar-refractivity contribution is 0.0936. The van der Waals surface area contributed by atoms with Crippen LogP contribution in [0.25, 0.3) is 11.1 Å². The van der Waals surface area contributed by atoms with E-state index in [0.717, 1.165) is 0 Å². The van der Waals surface area contributed by atoms with Gasteiger partial charge in [-0.15, -0.1) is 0 Å². The summed E-state index contributed by atoms with van der Waals surface area (Å²) in [5, 5.41) is 16.2. The molecular weight excluding hydrogens is 246 g/mol. The first-order valence-electron chi connectivity index (χ1n) is 6.18. The Morgan fingerprint density at radius 3 is 2.95 bits per heavy atom. The van der Waals surface area contributed by atoms with E-state index in [1.54, 1.807) is 19.9 Å². The Bertz CT molecular complexity index is 606. The van der Waals surface area contributed by atoms with E-state index in [0.29, 0.717) is 34.5 Å². The van der Waals surface area contributed by atoms with Gasteiger partial charge in [-0.1, -0.05) is 5.16 Å². The Morgan fingerprint density at radius 2 is 2.26 bits per heavy atom. The molecule has 0 saturated heterocycles. The Morgan fingerprint density at radius 1 is 1.53 bits per heavy atom. The van der Waals surface area contributed by atoms with Gasteiger partial charge >= 0.3 is 0 Å². The van der Waals surface area contributed by atoms with E-state index in [4.69, 9.17) is 9.63 Å². The van der Waals surface area contributed by atoms with Crippen molar-refractivity contribution in [1.29, 1.82) is 0 Å². The van der Waals surface area contributed by atoms with E-state index in [1.807, 2.05) is 6.92 Å². The topological polar surface area (TPSA) is 88.2 Å². The smallest absolute Gasteiger partial charge is 0.258 e. The van der Waals surface area contributed by atoms with E-state index in [2.05, 4.69) is 15.5 Å². The molecule has 2 heterocycles. The Labute approximate surface area is 110 Å². The molecule has 2 N–H and O–H groups in total. The molecule has 19 heavy (non-hydrogen) atoms. The molecule has 1 amide bonds. The minimum absolute atomic E-state index is 0.0402. The predicted octanol–water partition coefficient (Wildman–Crippen LogP) is 1.34. The van der Waals surface area contributed by atoms with E-state index >= 15 is 0 Å². The molecule has 0 bridgehead atoms. The highest BCUT2D eigenvalue weighted by Crippen LogP contribution is 2.21. The van der Waals surface area contributed by atoms with Crippen molar-refractivity contribution in [1.82, 2.24) is 15.5 Å². The van der Waals surface area contributed by atoms with Gasteiger partial charge in [0.15, 0.2) is 0 Å². The van der Waals surface area contributed by atoms with Gasteiger partial charge in [-0.2, -0.15) is 0 Å². The summed E-state index contributed by atoms with van der Waals surface area (Å²) in [4.78, 5) is 16.5. The molecule has 0 spiro atoms. The summed E-state index contributed by atoms with van der Waals surface area (Å²) < 4.78 is 5.09. The van der Waals surface area contributed by atoms with Crippen molar-refractivity contribution in [3.63, 3.8) is 0 Å². The molecule has 6 heteroatoms. The lowest BCUT2D eigenvalue weighted by atomic mass is 10.1. The van der Waals surface area contributed by atoms with Gasteiger partial charge in [-0.05, 0) is 33.3 Å². The van der Waals surface area contributed by atoms with Gasteiger partial charge in [0.2, 0.25) is 0 Å². The molecule has 0 fully saturated rings. The minimum atomic E-state index is -0.206. The second kappa shape index (κ2) is 5.36. The molecular formula is C13H17N3O3. The van der Waals surface area contributed by atoms with E-state index in [9.17, 15) is 4.79 Å². The van der Waals surface area contributed by atoms with Crippen molar-refractivity contribution < 1.29 is 14.4 Å². The van der Waals surface area contributed by atoms with Gasteiger partial charge < -0.3 is 14.9 Å². The number of fused-ring (bicyclic) bond motifs is 1. The van der Waals surface area contributed by atoms with Crippen LogP contribution in [0.15, 0.2) is 10.6 Å². The van der Waals surface area contributed by atoms with Crippen molar-refractivity contribution in [3.05, 3.63) is 23.0 Å². The van der Waals surface area contributed by atoms with Crippen molar-refractivity contribution >= 4 is 17.0 Å². The molecule has 1 unspecified atom stereocenters. The Hall–Kier alpha value is -1.95. The van der Waals surface area contributed by atoms with Crippen LogP contribution in [0.4, 0.5) is 0 Å². The third-order valence-electron chi connectivity index (χ3n) is 2.93. The molecule has 102 valence electrons. The number of carbonyl (C=O) groups excluding carboxylic acids is 1. The molecule has 0 aliphatic rings. The highest BCUT2D eigenvalue weighted by molar-refractivity contribution is 6.06. The molecule has 0 aliphatic heterocycles. The maximum absolute atomic E-state index is 12.3. The maximum atomic E-state index is 12.3. The first kappa shape index (κ1) is 13.5. The number of rotatable bonds is 4. The molecule has 0 radical (unpaired) electrons. The fraction of sp³-hybridized carbons (Fsp3) is 0.462. The first-order chi connectivity index (χ1) is 9.02. The van der Waals surface area contributed by atoms with Crippen LogP contribution < -0.4 is 5.32 Å². The second-order valence-corrected chi connectivity index (χ2v) is 4.65. The monoisotopic (exact) mass is 263 g/mol. The number of nitrogens with one attached hydrogen (secondary N) is 1. The fourth-order valence-corrected chi connectivity index (χ4v) is 1.96. The predicted molar refractivity (Wildman–Crippen MR) is 69.9 cm³/mol. The highest BCUT2D eigenvalue weighted by atomic mass is 16.5. The van der Waals surface area contributed by atoms with Gasteiger partial charge in [0.05, 0.1) is 16.6 Å². The summed E-state index contributed by atoms with van der Waals surface area (Å²) >= 11 is 0. The summed E-state index contributed by atoms with van der Waals surface area (Å²) in [6.07, 6.45) is 0.515. The zero-order valence-electron chi connectivity index (χ0n) is 11.2. The van der Waals surface area contributed by atoms with Gasteiger partial charge in [-0.3, -0.25) is 4.79 Å². The minimum Gasteiger partial charge on any atom is -0.396 e. The molecule has 6 nitrogen and oxygen atoms in total. The number of hydrogen-bond donors (Lipinski definition) is 2. The van der Waals surface area contributed by atoms with Gasteiger partial charge in [-0.25, -0.2) is 4.98 Å². The van der Waals surface area contributed by atoms with Crippen LogP contribution in [0.3, 0.4) is 0 Å². The third-order valence-corrected chi connectivity index (χ3v) is 2.93. The zero-order chi connectivity index (χ0) is 14.0. The van der Waals surface area contributed by atoms with Crippen LogP contribution in [-0.2, 0) is 0 Å².